The first-order valence-electron chi connectivity index (χ1n) is 1.70. The lowest BCUT2D eigenvalue weighted by molar-refractivity contribution is -0.0702. The second-order valence-electron chi connectivity index (χ2n) is 1.07. The summed E-state index contributed by atoms with van der Waals surface area (Å²) in [5.41, 5.74) is 0. The number of hydrogen-bond acceptors (Lipinski definition) is 2. The molecule has 0 spiro atoms. The molecule has 6 heavy (non-hydrogen) atoms. The summed E-state index contributed by atoms with van der Waals surface area (Å²) in [5, 5.41) is 16.6. The van der Waals surface area contributed by atoms with Crippen LogP contribution in [0.1, 0.15) is 13.3 Å². The van der Waals surface area contributed by atoms with Crippen molar-refractivity contribution in [1.29, 1.82) is 0 Å². The fourth-order valence-electron chi connectivity index (χ4n) is 0. The van der Waals surface area contributed by atoms with Gasteiger partial charge in [-0.05, 0) is 15.9 Å². The summed E-state index contributed by atoms with van der Waals surface area (Å²) in [6.45, 7) is 1.66. The van der Waals surface area contributed by atoms with Crippen molar-refractivity contribution in [2.24, 2.45) is 0 Å². The molecule has 0 aliphatic heterocycles. The summed E-state index contributed by atoms with van der Waals surface area (Å²) >= 11 is 2.59. The van der Waals surface area contributed by atoms with Crippen molar-refractivity contribution in [3.05, 3.63) is 0 Å². The second kappa shape index (κ2) is 1.91. The summed E-state index contributed by atoms with van der Waals surface area (Å²) in [5.74, 6) is 0. The third-order valence-electron chi connectivity index (χ3n) is 0.450. The van der Waals surface area contributed by atoms with E-state index in [-0.39, 0.29) is 0 Å². The van der Waals surface area contributed by atoms with Crippen LogP contribution < -0.4 is 0 Å². The average Bonchev–Trinajstić information content (AvgIpc) is 1.35. The Morgan fingerprint density at radius 3 is 1.83 bits per heavy atom. The first-order valence-corrected chi connectivity index (χ1v) is 2.49. The molecule has 3 heteroatoms. The monoisotopic (exact) mass is 154 g/mol. The Morgan fingerprint density at radius 2 is 1.83 bits per heavy atom. The second-order valence-corrected chi connectivity index (χ2v) is 2.34. The fourth-order valence-corrected chi connectivity index (χ4v) is 0. The van der Waals surface area contributed by atoms with E-state index in [1.165, 1.54) is 0 Å². The maximum atomic E-state index is 8.30. The molecule has 38 valence electrons. The van der Waals surface area contributed by atoms with Gasteiger partial charge in [0.25, 0.3) is 0 Å². The van der Waals surface area contributed by atoms with E-state index in [1.807, 2.05) is 0 Å². The van der Waals surface area contributed by atoms with Crippen LogP contribution in [0.25, 0.3) is 0 Å². The summed E-state index contributed by atoms with van der Waals surface area (Å²) in [4.78, 5) is 0. The van der Waals surface area contributed by atoms with Gasteiger partial charge in [0.05, 0.1) is 0 Å². The van der Waals surface area contributed by atoms with Gasteiger partial charge >= 0.3 is 0 Å². The molecule has 0 aliphatic carbocycles. The van der Waals surface area contributed by atoms with E-state index in [0.29, 0.717) is 6.42 Å². The minimum Gasteiger partial charge on any atom is -0.357 e. The van der Waals surface area contributed by atoms with Crippen molar-refractivity contribution < 1.29 is 10.2 Å². The van der Waals surface area contributed by atoms with Gasteiger partial charge in [0, 0.05) is 6.42 Å². The van der Waals surface area contributed by atoms with Gasteiger partial charge in [-0.2, -0.15) is 0 Å². The van der Waals surface area contributed by atoms with Crippen LogP contribution in [-0.2, 0) is 0 Å². The van der Waals surface area contributed by atoms with E-state index in [2.05, 4.69) is 15.9 Å². The largest absolute Gasteiger partial charge is 0.357 e. The van der Waals surface area contributed by atoms with Gasteiger partial charge in [0.15, 0.2) is 0 Å². The molecule has 0 rings (SSSR count). The molecule has 0 fully saturated rings. The molecule has 0 amide bonds. The van der Waals surface area contributed by atoms with Crippen LogP contribution >= 0.6 is 15.9 Å². The van der Waals surface area contributed by atoms with Crippen molar-refractivity contribution in [3.63, 3.8) is 0 Å². The molecule has 0 aromatic carbocycles. The fraction of sp³-hybridized carbons (Fsp3) is 1.00. The molecular formula is C3H7BrO2. The first kappa shape index (κ1) is 6.40. The first-order chi connectivity index (χ1) is 2.56. The highest BCUT2D eigenvalue weighted by atomic mass is 79.9. The van der Waals surface area contributed by atoms with Gasteiger partial charge in [-0.15, -0.1) is 0 Å². The van der Waals surface area contributed by atoms with Crippen LogP contribution in [0.2, 0.25) is 0 Å². The Kier molecular flexibility index (Phi) is 2.04. The molecule has 0 unspecified atom stereocenters. The molecule has 0 atom stereocenters. The summed E-state index contributed by atoms with van der Waals surface area (Å²) < 4.78 is -1.65. The predicted molar refractivity (Wildman–Crippen MR) is 26.4 cm³/mol. The lowest BCUT2D eigenvalue weighted by Gasteiger charge is -2.07. The topological polar surface area (TPSA) is 40.5 Å². The zero-order valence-corrected chi connectivity index (χ0v) is 5.07. The minimum absolute atomic E-state index is 0.299. The van der Waals surface area contributed by atoms with Crippen LogP contribution in [0.15, 0.2) is 0 Å². The molecule has 2 nitrogen and oxygen atoms in total. The standard InChI is InChI=1S/C3H7BrO2/c1-2-3(4,5)6/h5-6H,2H2,1H3. The molecule has 0 saturated heterocycles. The smallest absolute Gasteiger partial charge is 0.221 e. The Labute approximate surface area is 44.9 Å². The number of halogens is 1. The third-order valence-corrected chi connectivity index (χ3v) is 1.01. The average molecular weight is 155 g/mol. The van der Waals surface area contributed by atoms with E-state index < -0.39 is 4.70 Å². The van der Waals surface area contributed by atoms with Crippen molar-refractivity contribution in [3.8, 4) is 0 Å². The maximum absolute atomic E-state index is 8.30. The maximum Gasteiger partial charge on any atom is 0.221 e. The zero-order valence-electron chi connectivity index (χ0n) is 3.48. The van der Waals surface area contributed by atoms with Crippen molar-refractivity contribution in [1.82, 2.24) is 0 Å². The number of alkyl halides is 1. The van der Waals surface area contributed by atoms with Gasteiger partial charge in [-0.25, -0.2) is 0 Å². The highest BCUT2D eigenvalue weighted by Crippen LogP contribution is 2.11. The normalized spacial score (nSPS) is 12.0. The van der Waals surface area contributed by atoms with Gasteiger partial charge in [-0.3, -0.25) is 0 Å². The van der Waals surface area contributed by atoms with Crippen LogP contribution in [-0.4, -0.2) is 14.9 Å². The van der Waals surface area contributed by atoms with Crippen molar-refractivity contribution in [2.45, 2.75) is 18.0 Å². The highest BCUT2D eigenvalue weighted by Gasteiger charge is 2.11. The van der Waals surface area contributed by atoms with Crippen LogP contribution in [0.3, 0.4) is 0 Å². The molecular weight excluding hydrogens is 148 g/mol. The molecule has 0 aromatic heterocycles. The molecule has 2 N–H and O–H groups in total. The SMILES string of the molecule is CCC(O)(O)Br. The van der Waals surface area contributed by atoms with Gasteiger partial charge < -0.3 is 10.2 Å². The van der Waals surface area contributed by atoms with Gasteiger partial charge in [-0.1, -0.05) is 6.92 Å². The third kappa shape index (κ3) is 4.40. The highest BCUT2D eigenvalue weighted by molar-refractivity contribution is 9.09. The molecule has 0 bridgehead atoms. The zero-order chi connectivity index (χ0) is 5.21. The number of hydrogen-bond donors (Lipinski definition) is 2. The van der Waals surface area contributed by atoms with E-state index in [0.717, 1.165) is 0 Å². The minimum atomic E-state index is -1.65. The van der Waals surface area contributed by atoms with Crippen molar-refractivity contribution in [2.75, 3.05) is 0 Å². The van der Waals surface area contributed by atoms with Crippen LogP contribution in [0.5, 0.6) is 0 Å². The van der Waals surface area contributed by atoms with Crippen molar-refractivity contribution >= 4 is 15.9 Å². The lowest BCUT2D eigenvalue weighted by atomic mass is 10.5. The quantitative estimate of drug-likeness (QED) is 0.425. The molecule has 0 aromatic rings. The van der Waals surface area contributed by atoms with Crippen LogP contribution in [0, 0.1) is 0 Å². The Balaban J connectivity index is 3.17. The summed E-state index contributed by atoms with van der Waals surface area (Å²) in [6.07, 6.45) is 0.299. The van der Waals surface area contributed by atoms with Gasteiger partial charge in [0.1, 0.15) is 0 Å². The number of rotatable bonds is 1. The van der Waals surface area contributed by atoms with Crippen LogP contribution in [0.4, 0.5) is 0 Å². The van der Waals surface area contributed by atoms with E-state index in [1.54, 1.807) is 6.92 Å². The predicted octanol–water partition coefficient (Wildman–Crippen LogP) is 0.430. The Hall–Kier alpha value is 0.400. The molecule has 0 saturated carbocycles. The lowest BCUT2D eigenvalue weighted by Crippen LogP contribution is -2.15. The summed E-state index contributed by atoms with van der Waals surface area (Å²) in [7, 11) is 0. The Bertz CT molecular complexity index is 38.5. The van der Waals surface area contributed by atoms with E-state index >= 15 is 0 Å². The van der Waals surface area contributed by atoms with Gasteiger partial charge in [0.2, 0.25) is 4.70 Å². The Morgan fingerprint density at radius 1 is 1.67 bits per heavy atom. The molecule has 0 heterocycles. The number of aliphatic hydroxyl groups is 2. The van der Waals surface area contributed by atoms with E-state index in [4.69, 9.17) is 10.2 Å². The molecule has 0 radical (unpaired) electrons. The molecule has 0 aliphatic rings. The summed E-state index contributed by atoms with van der Waals surface area (Å²) in [6, 6.07) is 0. The van der Waals surface area contributed by atoms with E-state index in [9.17, 15) is 0 Å².